The second-order valence-corrected chi connectivity index (χ2v) is 6.52. The minimum absolute atomic E-state index is 0.0893. The highest BCUT2D eigenvalue weighted by Crippen LogP contribution is 2.26. The van der Waals surface area contributed by atoms with Crippen molar-refractivity contribution in [1.29, 1.82) is 0 Å². The Morgan fingerprint density at radius 2 is 1.71 bits per heavy atom. The summed E-state index contributed by atoms with van der Waals surface area (Å²) in [6.45, 7) is 9.05. The first-order valence-corrected chi connectivity index (χ1v) is 7.71. The fourth-order valence-corrected chi connectivity index (χ4v) is 2.67. The molecule has 2 N–H and O–H groups in total. The van der Waals surface area contributed by atoms with E-state index in [-0.39, 0.29) is 17.9 Å². The lowest BCUT2D eigenvalue weighted by atomic mass is 9.97. The monoisotopic (exact) mass is 295 g/mol. The quantitative estimate of drug-likeness (QED) is 0.800. The molecule has 2 atom stereocenters. The number of hydrogen-bond donors (Lipinski definition) is 1. The fraction of sp³-hybridized carbons (Fsp3) is 0.647. The maximum atomic E-state index is 14.2. The number of nitrogens with zero attached hydrogens (tertiary/aromatic N) is 2. The highest BCUT2D eigenvalue weighted by atomic mass is 19.1. The molecule has 3 nitrogen and oxygen atoms in total. The summed E-state index contributed by atoms with van der Waals surface area (Å²) >= 11 is 0. The van der Waals surface area contributed by atoms with Gasteiger partial charge in [0.15, 0.2) is 0 Å². The van der Waals surface area contributed by atoms with E-state index in [1.54, 1.807) is 6.07 Å². The Hall–Kier alpha value is -0.970. The highest BCUT2D eigenvalue weighted by molar-refractivity contribution is 5.22. The lowest BCUT2D eigenvalue weighted by Gasteiger charge is -2.36. The van der Waals surface area contributed by atoms with Crippen LogP contribution in [0, 0.1) is 11.7 Å². The Kier molecular flexibility index (Phi) is 7.29. The Morgan fingerprint density at radius 3 is 2.19 bits per heavy atom. The summed E-state index contributed by atoms with van der Waals surface area (Å²) in [6, 6.07) is 6.77. The van der Waals surface area contributed by atoms with Crippen LogP contribution < -0.4 is 5.73 Å². The molecule has 1 rings (SSSR count). The molecule has 1 aromatic carbocycles. The van der Waals surface area contributed by atoms with E-state index in [1.165, 1.54) is 6.07 Å². The molecule has 4 heteroatoms. The first-order chi connectivity index (χ1) is 9.82. The number of halogens is 1. The van der Waals surface area contributed by atoms with Gasteiger partial charge < -0.3 is 10.6 Å². The van der Waals surface area contributed by atoms with E-state index >= 15 is 0 Å². The van der Waals surface area contributed by atoms with Gasteiger partial charge >= 0.3 is 0 Å². The molecule has 0 spiro atoms. The number of nitrogens with two attached hydrogens (primary N) is 1. The van der Waals surface area contributed by atoms with E-state index in [1.807, 2.05) is 19.1 Å². The first-order valence-electron chi connectivity index (χ1n) is 7.71. The Labute approximate surface area is 128 Å². The van der Waals surface area contributed by atoms with Gasteiger partial charge in [0.1, 0.15) is 5.82 Å². The van der Waals surface area contributed by atoms with Crippen LogP contribution in [-0.4, -0.2) is 49.6 Å². The molecule has 0 aliphatic rings. The zero-order chi connectivity index (χ0) is 16.0. The Balaban J connectivity index is 3.04. The van der Waals surface area contributed by atoms with Crippen LogP contribution in [0.3, 0.4) is 0 Å². The molecule has 0 saturated heterocycles. The number of likely N-dealkylation sites (N-methyl/N-ethyl adjacent to an activating group) is 1. The second kappa shape index (κ2) is 8.47. The van der Waals surface area contributed by atoms with Gasteiger partial charge in [-0.15, -0.1) is 0 Å². The topological polar surface area (TPSA) is 32.5 Å². The number of rotatable bonds is 8. The summed E-state index contributed by atoms with van der Waals surface area (Å²) in [6.07, 6.45) is 0. The van der Waals surface area contributed by atoms with Gasteiger partial charge in [0.2, 0.25) is 0 Å². The minimum Gasteiger partial charge on any atom is -0.326 e. The van der Waals surface area contributed by atoms with Crippen LogP contribution in [0.5, 0.6) is 0 Å². The maximum Gasteiger partial charge on any atom is 0.128 e. The van der Waals surface area contributed by atoms with Crippen molar-refractivity contribution in [2.45, 2.75) is 32.9 Å². The zero-order valence-corrected chi connectivity index (χ0v) is 14.0. The van der Waals surface area contributed by atoms with Crippen molar-refractivity contribution in [1.82, 2.24) is 9.80 Å². The minimum atomic E-state index is -0.168. The van der Waals surface area contributed by atoms with Gasteiger partial charge in [0.25, 0.3) is 0 Å². The van der Waals surface area contributed by atoms with Crippen molar-refractivity contribution in [2.24, 2.45) is 11.7 Å². The van der Waals surface area contributed by atoms with E-state index < -0.39 is 0 Å². The predicted octanol–water partition coefficient (Wildman–Crippen LogP) is 2.73. The molecule has 2 unspecified atom stereocenters. The van der Waals surface area contributed by atoms with Crippen molar-refractivity contribution in [3.05, 3.63) is 35.6 Å². The normalized spacial score (nSPS) is 15.0. The van der Waals surface area contributed by atoms with Crippen LogP contribution >= 0.6 is 0 Å². The molecular formula is C17H30FN3. The van der Waals surface area contributed by atoms with Gasteiger partial charge in [-0.3, -0.25) is 4.90 Å². The smallest absolute Gasteiger partial charge is 0.128 e. The van der Waals surface area contributed by atoms with Gasteiger partial charge in [-0.05, 0) is 33.0 Å². The largest absolute Gasteiger partial charge is 0.326 e. The lowest BCUT2D eigenvalue weighted by molar-refractivity contribution is 0.141. The number of hydrogen-bond acceptors (Lipinski definition) is 3. The second-order valence-electron chi connectivity index (χ2n) is 6.52. The number of benzene rings is 1. The summed E-state index contributed by atoms with van der Waals surface area (Å²) in [5.74, 6) is 0.346. The third kappa shape index (κ3) is 5.73. The van der Waals surface area contributed by atoms with Crippen LogP contribution in [0.2, 0.25) is 0 Å². The molecule has 0 fully saturated rings. The van der Waals surface area contributed by atoms with Crippen LogP contribution in [-0.2, 0) is 0 Å². The standard InChI is InChI=1S/C17H30FN3/c1-13(2)12-21(11-10-20(4)5)17(14(3)19)15-8-6-7-9-16(15)18/h6-9,13-14,17H,10-12,19H2,1-5H3. The molecule has 0 saturated carbocycles. The van der Waals surface area contributed by atoms with Gasteiger partial charge in [-0.25, -0.2) is 4.39 Å². The lowest BCUT2D eigenvalue weighted by Crippen LogP contribution is -2.44. The molecule has 0 bridgehead atoms. The molecule has 0 amide bonds. The SMILES string of the molecule is CC(C)CN(CCN(C)C)C(c1ccccc1F)C(C)N. The average Bonchev–Trinajstić information content (AvgIpc) is 2.37. The van der Waals surface area contributed by atoms with Crippen molar-refractivity contribution >= 4 is 0 Å². The Morgan fingerprint density at radius 1 is 1.10 bits per heavy atom. The van der Waals surface area contributed by atoms with Crippen molar-refractivity contribution in [3.8, 4) is 0 Å². The Bertz CT molecular complexity index is 418. The van der Waals surface area contributed by atoms with Crippen LogP contribution in [0.4, 0.5) is 4.39 Å². The van der Waals surface area contributed by atoms with E-state index in [0.717, 1.165) is 19.6 Å². The van der Waals surface area contributed by atoms with Gasteiger partial charge in [-0.1, -0.05) is 32.0 Å². The van der Waals surface area contributed by atoms with Crippen LogP contribution in [0.25, 0.3) is 0 Å². The van der Waals surface area contributed by atoms with Gasteiger partial charge in [-0.2, -0.15) is 0 Å². The maximum absolute atomic E-state index is 14.2. The van der Waals surface area contributed by atoms with Gasteiger partial charge in [0, 0.05) is 31.2 Å². The summed E-state index contributed by atoms with van der Waals surface area (Å²) in [5.41, 5.74) is 6.90. The molecule has 0 heterocycles. The van der Waals surface area contributed by atoms with E-state index in [0.29, 0.717) is 11.5 Å². The summed E-state index contributed by atoms with van der Waals surface area (Å²) < 4.78 is 14.2. The molecule has 21 heavy (non-hydrogen) atoms. The molecule has 0 aliphatic heterocycles. The van der Waals surface area contributed by atoms with E-state index in [9.17, 15) is 4.39 Å². The molecule has 0 aliphatic carbocycles. The fourth-order valence-electron chi connectivity index (χ4n) is 2.67. The average molecular weight is 295 g/mol. The molecule has 120 valence electrons. The van der Waals surface area contributed by atoms with Gasteiger partial charge in [0.05, 0.1) is 6.04 Å². The summed E-state index contributed by atoms with van der Waals surface area (Å²) in [7, 11) is 4.11. The molecule has 0 aromatic heterocycles. The molecule has 1 aromatic rings. The predicted molar refractivity (Wildman–Crippen MR) is 87.8 cm³/mol. The summed E-state index contributed by atoms with van der Waals surface area (Å²) in [5, 5.41) is 0. The van der Waals surface area contributed by atoms with E-state index in [4.69, 9.17) is 5.73 Å². The molecule has 0 radical (unpaired) electrons. The third-order valence-electron chi connectivity index (χ3n) is 3.55. The third-order valence-corrected chi connectivity index (χ3v) is 3.55. The first kappa shape index (κ1) is 18.1. The van der Waals surface area contributed by atoms with E-state index in [2.05, 4.69) is 37.7 Å². The van der Waals surface area contributed by atoms with Crippen molar-refractivity contribution in [2.75, 3.05) is 33.7 Å². The van der Waals surface area contributed by atoms with Crippen molar-refractivity contribution in [3.63, 3.8) is 0 Å². The zero-order valence-electron chi connectivity index (χ0n) is 14.0. The summed E-state index contributed by atoms with van der Waals surface area (Å²) in [4.78, 5) is 4.46. The van der Waals surface area contributed by atoms with Crippen LogP contribution in [0.15, 0.2) is 24.3 Å². The highest BCUT2D eigenvalue weighted by Gasteiger charge is 2.26. The van der Waals surface area contributed by atoms with Crippen LogP contribution in [0.1, 0.15) is 32.4 Å². The molecular weight excluding hydrogens is 265 g/mol. The van der Waals surface area contributed by atoms with Crippen molar-refractivity contribution < 1.29 is 4.39 Å².